The molecule has 0 aliphatic rings. The summed E-state index contributed by atoms with van der Waals surface area (Å²) in [6.07, 6.45) is 1.87. The topological polar surface area (TPSA) is 22.2 Å². The van der Waals surface area contributed by atoms with E-state index in [1.165, 1.54) is 0 Å². The van der Waals surface area contributed by atoms with Gasteiger partial charge in [0, 0.05) is 0 Å². The first-order valence-corrected chi connectivity index (χ1v) is 6.89. The standard InChI is InChI=1S/C15H13N3Se/c1-17-13-9-5-6-10-14(13)18(15(17)19)16-11-12-7-3-2-4-8-12/h2-11H,1H3. The summed E-state index contributed by atoms with van der Waals surface area (Å²) in [6, 6.07) is 18.3. The first-order chi connectivity index (χ1) is 9.27. The Morgan fingerprint density at radius 2 is 1.58 bits per heavy atom. The molecule has 0 radical (unpaired) electrons. The second-order valence-corrected chi connectivity index (χ2v) is 5.06. The maximum absolute atomic E-state index is 4.56. The van der Waals surface area contributed by atoms with Crippen LogP contribution < -0.4 is 0 Å². The van der Waals surface area contributed by atoms with Crippen LogP contribution in [0.15, 0.2) is 59.7 Å². The number of fused-ring (bicyclic) bond motifs is 1. The van der Waals surface area contributed by atoms with Gasteiger partial charge < -0.3 is 0 Å². The third kappa shape index (κ3) is 2.20. The van der Waals surface area contributed by atoms with Gasteiger partial charge in [-0.3, -0.25) is 0 Å². The van der Waals surface area contributed by atoms with Crippen LogP contribution in [0.25, 0.3) is 11.0 Å². The Labute approximate surface area is 119 Å². The number of nitrogens with zero attached hydrogens (tertiary/aromatic N) is 3. The summed E-state index contributed by atoms with van der Waals surface area (Å²) < 4.78 is 4.99. The van der Waals surface area contributed by atoms with Gasteiger partial charge in [-0.2, -0.15) is 0 Å². The van der Waals surface area contributed by atoms with Crippen LogP contribution >= 0.6 is 0 Å². The zero-order chi connectivity index (χ0) is 13.2. The molecule has 0 aliphatic heterocycles. The Morgan fingerprint density at radius 1 is 0.947 bits per heavy atom. The molecule has 0 N–H and O–H groups in total. The Hall–Kier alpha value is -1.90. The van der Waals surface area contributed by atoms with Crippen molar-refractivity contribution >= 4 is 32.8 Å². The molecule has 1 aromatic heterocycles. The molecular formula is C15H13N3Se. The van der Waals surface area contributed by atoms with Gasteiger partial charge in [-0.05, 0) is 0 Å². The van der Waals surface area contributed by atoms with Crippen LogP contribution in [-0.4, -0.2) is 31.0 Å². The first-order valence-electron chi connectivity index (χ1n) is 6.03. The molecule has 0 spiro atoms. The van der Waals surface area contributed by atoms with Gasteiger partial charge in [-0.1, -0.05) is 0 Å². The Kier molecular flexibility index (Phi) is 3.20. The maximum atomic E-state index is 4.56. The number of para-hydroxylation sites is 2. The average Bonchev–Trinajstić information content (AvgIpc) is 2.71. The first kappa shape index (κ1) is 12.1. The van der Waals surface area contributed by atoms with Crippen molar-refractivity contribution in [3.63, 3.8) is 0 Å². The van der Waals surface area contributed by atoms with Crippen molar-refractivity contribution in [1.82, 2.24) is 9.24 Å². The van der Waals surface area contributed by atoms with Crippen LogP contribution in [-0.2, 0) is 7.05 Å². The van der Waals surface area contributed by atoms with Gasteiger partial charge in [0.15, 0.2) is 0 Å². The predicted octanol–water partition coefficient (Wildman–Crippen LogP) is 2.56. The summed E-state index contributed by atoms with van der Waals surface area (Å²) >= 11 is 3.08. The van der Waals surface area contributed by atoms with Crippen LogP contribution in [0.4, 0.5) is 0 Å². The number of rotatable bonds is 2. The van der Waals surface area contributed by atoms with E-state index >= 15 is 0 Å². The summed E-state index contributed by atoms with van der Waals surface area (Å²) in [5.74, 6) is 0. The van der Waals surface area contributed by atoms with Crippen LogP contribution in [0.3, 0.4) is 0 Å². The molecule has 3 aromatic rings. The molecular weight excluding hydrogens is 301 g/mol. The van der Waals surface area contributed by atoms with E-state index in [-0.39, 0.29) is 0 Å². The normalized spacial score (nSPS) is 11.4. The quantitative estimate of drug-likeness (QED) is 0.512. The molecule has 3 rings (SSSR count). The third-order valence-electron chi connectivity index (χ3n) is 3.06. The fourth-order valence-electron chi connectivity index (χ4n) is 2.05. The van der Waals surface area contributed by atoms with Crippen LogP contribution in [0, 0.1) is 4.32 Å². The van der Waals surface area contributed by atoms with Crippen LogP contribution in [0.2, 0.25) is 0 Å². The van der Waals surface area contributed by atoms with E-state index < -0.39 is 0 Å². The second kappa shape index (κ2) is 5.00. The molecule has 0 unspecified atom stereocenters. The minimum absolute atomic E-state index is 0.980. The van der Waals surface area contributed by atoms with Crippen molar-refractivity contribution in [2.45, 2.75) is 0 Å². The van der Waals surface area contributed by atoms with Gasteiger partial charge in [0.25, 0.3) is 0 Å². The Balaban J connectivity index is 2.14. The van der Waals surface area contributed by atoms with Gasteiger partial charge >= 0.3 is 119 Å². The summed E-state index contributed by atoms with van der Waals surface area (Å²) in [4.78, 5) is 0. The van der Waals surface area contributed by atoms with Gasteiger partial charge in [0.1, 0.15) is 0 Å². The van der Waals surface area contributed by atoms with Gasteiger partial charge in [0.05, 0.1) is 0 Å². The van der Waals surface area contributed by atoms with Gasteiger partial charge in [0.2, 0.25) is 0 Å². The molecule has 2 aromatic carbocycles. The summed E-state index contributed by atoms with van der Waals surface area (Å²) in [5.41, 5.74) is 3.33. The molecule has 0 atom stereocenters. The number of imidazole rings is 1. The van der Waals surface area contributed by atoms with E-state index in [1.54, 1.807) is 0 Å². The van der Waals surface area contributed by atoms with E-state index in [0.29, 0.717) is 0 Å². The van der Waals surface area contributed by atoms with E-state index in [0.717, 1.165) is 20.9 Å². The van der Waals surface area contributed by atoms with Crippen molar-refractivity contribution in [3.05, 3.63) is 64.5 Å². The number of benzene rings is 2. The molecule has 0 fully saturated rings. The molecule has 19 heavy (non-hydrogen) atoms. The molecule has 0 aliphatic carbocycles. The zero-order valence-electron chi connectivity index (χ0n) is 10.5. The second-order valence-electron chi connectivity index (χ2n) is 4.30. The Bertz CT molecular complexity index is 797. The van der Waals surface area contributed by atoms with E-state index in [1.807, 2.05) is 60.4 Å². The molecule has 0 saturated heterocycles. The average molecular weight is 314 g/mol. The number of aryl methyl sites for hydroxylation is 1. The summed E-state index contributed by atoms with van der Waals surface area (Å²) in [7, 11) is 2.03. The summed E-state index contributed by atoms with van der Waals surface area (Å²) in [5, 5.41) is 4.56. The number of hydrogen-bond acceptors (Lipinski definition) is 1. The SMILES string of the molecule is Cn1c(=[Se])n(N=Cc2ccccc2)c2ccccc21. The monoisotopic (exact) mass is 315 g/mol. The van der Waals surface area contributed by atoms with Crippen molar-refractivity contribution in [3.8, 4) is 0 Å². The molecule has 1 heterocycles. The molecule has 4 heteroatoms. The van der Waals surface area contributed by atoms with E-state index in [2.05, 4.69) is 37.4 Å². The van der Waals surface area contributed by atoms with E-state index in [4.69, 9.17) is 0 Å². The predicted molar refractivity (Wildman–Crippen MR) is 79.3 cm³/mol. The molecule has 0 saturated carbocycles. The van der Waals surface area contributed by atoms with Crippen molar-refractivity contribution in [2.75, 3.05) is 0 Å². The fraction of sp³-hybridized carbons (Fsp3) is 0.0667. The van der Waals surface area contributed by atoms with Crippen molar-refractivity contribution < 1.29 is 0 Å². The fourth-order valence-corrected chi connectivity index (χ4v) is 2.56. The van der Waals surface area contributed by atoms with E-state index in [9.17, 15) is 0 Å². The Morgan fingerprint density at radius 3 is 2.32 bits per heavy atom. The van der Waals surface area contributed by atoms with Gasteiger partial charge in [-0.25, -0.2) is 0 Å². The zero-order valence-corrected chi connectivity index (χ0v) is 12.2. The third-order valence-corrected chi connectivity index (χ3v) is 4.00. The summed E-state index contributed by atoms with van der Waals surface area (Å²) in [6.45, 7) is 0. The molecule has 0 bridgehead atoms. The van der Waals surface area contributed by atoms with Gasteiger partial charge in [-0.15, -0.1) is 0 Å². The molecule has 94 valence electrons. The van der Waals surface area contributed by atoms with Crippen LogP contribution in [0.1, 0.15) is 5.56 Å². The number of hydrogen-bond donors (Lipinski definition) is 0. The minimum atomic E-state index is 0.980. The van der Waals surface area contributed by atoms with Crippen molar-refractivity contribution in [1.29, 1.82) is 0 Å². The molecule has 3 nitrogen and oxygen atoms in total. The van der Waals surface area contributed by atoms with Crippen molar-refractivity contribution in [2.24, 2.45) is 12.1 Å². The van der Waals surface area contributed by atoms with Crippen LogP contribution in [0.5, 0.6) is 0 Å². The number of aromatic nitrogens is 2. The molecule has 0 amide bonds.